The minimum absolute atomic E-state index is 0.110. The lowest BCUT2D eigenvalue weighted by Gasteiger charge is -2.21. The summed E-state index contributed by atoms with van der Waals surface area (Å²) in [5, 5.41) is 3.14. The van der Waals surface area contributed by atoms with Gasteiger partial charge in [0.15, 0.2) is 0 Å². The first-order valence-corrected chi connectivity index (χ1v) is 8.34. The number of halogens is 1. The Morgan fingerprint density at radius 1 is 1.31 bits per heavy atom. The van der Waals surface area contributed by atoms with Gasteiger partial charge in [-0.3, -0.25) is 14.6 Å². The van der Waals surface area contributed by atoms with E-state index in [0.717, 1.165) is 0 Å². The molecule has 0 saturated carbocycles. The Kier molecular flexibility index (Phi) is 5.27. The van der Waals surface area contributed by atoms with Crippen LogP contribution < -0.4 is 19.7 Å². The fourth-order valence-electron chi connectivity index (χ4n) is 2.85. The van der Waals surface area contributed by atoms with Crippen molar-refractivity contribution < 1.29 is 19.1 Å². The van der Waals surface area contributed by atoms with Crippen LogP contribution in [0.15, 0.2) is 36.7 Å². The molecule has 2 heterocycles. The van der Waals surface area contributed by atoms with Crippen molar-refractivity contribution in [3.05, 3.63) is 41.7 Å². The van der Waals surface area contributed by atoms with Crippen molar-refractivity contribution in [2.75, 3.05) is 31.0 Å². The monoisotopic (exact) mass is 375 g/mol. The van der Waals surface area contributed by atoms with Crippen molar-refractivity contribution in [1.82, 2.24) is 4.98 Å². The number of hydrogen-bond donors (Lipinski definition) is 1. The minimum Gasteiger partial charge on any atom is -0.495 e. The molecule has 2 amide bonds. The van der Waals surface area contributed by atoms with E-state index in [0.29, 0.717) is 27.9 Å². The van der Waals surface area contributed by atoms with Gasteiger partial charge >= 0.3 is 0 Å². The van der Waals surface area contributed by atoms with Crippen LogP contribution in [0.4, 0.5) is 11.4 Å². The predicted molar refractivity (Wildman–Crippen MR) is 97.9 cm³/mol. The molecule has 1 fully saturated rings. The highest BCUT2D eigenvalue weighted by Gasteiger charge is 2.36. The van der Waals surface area contributed by atoms with Crippen LogP contribution in [0.5, 0.6) is 11.5 Å². The largest absolute Gasteiger partial charge is 0.495 e. The molecule has 1 saturated heterocycles. The molecule has 26 heavy (non-hydrogen) atoms. The van der Waals surface area contributed by atoms with Crippen molar-refractivity contribution in [1.29, 1.82) is 0 Å². The number of carbonyl (C=O) groups excluding carboxylic acids is 2. The second-order valence-electron chi connectivity index (χ2n) is 5.79. The molecule has 0 bridgehead atoms. The van der Waals surface area contributed by atoms with Gasteiger partial charge in [-0.2, -0.15) is 0 Å². The summed E-state index contributed by atoms with van der Waals surface area (Å²) in [6.45, 7) is 0.240. The molecule has 0 aliphatic carbocycles. The summed E-state index contributed by atoms with van der Waals surface area (Å²) in [6, 6.07) is 6.70. The second-order valence-corrected chi connectivity index (χ2v) is 6.20. The maximum Gasteiger partial charge on any atom is 0.229 e. The molecule has 1 N–H and O–H groups in total. The highest BCUT2D eigenvalue weighted by atomic mass is 35.5. The maximum absolute atomic E-state index is 12.5. The van der Waals surface area contributed by atoms with E-state index in [-0.39, 0.29) is 24.8 Å². The first-order valence-electron chi connectivity index (χ1n) is 7.96. The zero-order valence-electron chi connectivity index (χ0n) is 14.4. The van der Waals surface area contributed by atoms with Crippen LogP contribution in [0, 0.1) is 5.92 Å². The SMILES string of the molecule is COc1cc(OC)c(N2C[C@@H](C(=O)Nc3cccnc3)CC2=O)cc1Cl. The molecule has 7 nitrogen and oxygen atoms in total. The lowest BCUT2D eigenvalue weighted by atomic mass is 10.1. The Bertz CT molecular complexity index is 829. The Labute approximate surface area is 155 Å². The van der Waals surface area contributed by atoms with Gasteiger partial charge < -0.3 is 19.7 Å². The van der Waals surface area contributed by atoms with Crippen molar-refractivity contribution >= 4 is 34.8 Å². The number of methoxy groups -OCH3 is 2. The molecule has 0 radical (unpaired) electrons. The molecule has 0 spiro atoms. The van der Waals surface area contributed by atoms with E-state index in [9.17, 15) is 9.59 Å². The Hall–Kier alpha value is -2.80. The van der Waals surface area contributed by atoms with Crippen LogP contribution in [0.2, 0.25) is 5.02 Å². The van der Waals surface area contributed by atoms with Crippen molar-refractivity contribution in [2.45, 2.75) is 6.42 Å². The van der Waals surface area contributed by atoms with E-state index in [1.54, 1.807) is 36.7 Å². The topological polar surface area (TPSA) is 80.8 Å². The number of nitrogens with zero attached hydrogens (tertiary/aromatic N) is 2. The van der Waals surface area contributed by atoms with E-state index >= 15 is 0 Å². The summed E-state index contributed by atoms with van der Waals surface area (Å²) in [6.07, 6.45) is 3.29. The predicted octanol–water partition coefficient (Wildman–Crippen LogP) is 2.74. The highest BCUT2D eigenvalue weighted by molar-refractivity contribution is 6.32. The van der Waals surface area contributed by atoms with Gasteiger partial charge in [0, 0.05) is 25.2 Å². The zero-order chi connectivity index (χ0) is 18.7. The molecule has 8 heteroatoms. The van der Waals surface area contributed by atoms with Gasteiger partial charge in [0.1, 0.15) is 11.5 Å². The zero-order valence-corrected chi connectivity index (χ0v) is 15.1. The molecule has 1 aliphatic heterocycles. The number of aromatic nitrogens is 1. The van der Waals surface area contributed by atoms with Gasteiger partial charge in [-0.1, -0.05) is 11.6 Å². The summed E-state index contributed by atoms with van der Waals surface area (Å²) in [4.78, 5) is 30.4. The minimum atomic E-state index is -0.478. The fourth-order valence-corrected chi connectivity index (χ4v) is 3.09. The van der Waals surface area contributed by atoms with Crippen LogP contribution in [-0.2, 0) is 9.59 Å². The number of benzene rings is 1. The number of pyridine rings is 1. The molecule has 3 rings (SSSR count). The molecular weight excluding hydrogens is 358 g/mol. The van der Waals surface area contributed by atoms with Crippen LogP contribution in [0.1, 0.15) is 6.42 Å². The molecule has 136 valence electrons. The maximum atomic E-state index is 12.5. The Balaban J connectivity index is 1.80. The lowest BCUT2D eigenvalue weighted by molar-refractivity contribution is -0.122. The molecule has 2 aromatic rings. The highest BCUT2D eigenvalue weighted by Crippen LogP contribution is 2.40. The standard InChI is InChI=1S/C18H18ClN3O4/c1-25-15-8-16(26-2)14(7-13(15)19)22-10-11(6-17(22)23)18(24)21-12-4-3-5-20-9-12/h3-5,7-9,11H,6,10H2,1-2H3,(H,21,24)/t11-/m0/s1. The Morgan fingerprint density at radius 2 is 2.08 bits per heavy atom. The van der Waals surface area contributed by atoms with Crippen molar-refractivity contribution in [3.63, 3.8) is 0 Å². The second kappa shape index (κ2) is 7.61. The molecule has 1 aromatic carbocycles. The molecule has 0 unspecified atom stereocenters. The van der Waals surface area contributed by atoms with Crippen LogP contribution in [0.3, 0.4) is 0 Å². The average Bonchev–Trinajstić information content (AvgIpc) is 3.04. The van der Waals surface area contributed by atoms with Gasteiger partial charge in [-0.25, -0.2) is 0 Å². The number of anilines is 2. The van der Waals surface area contributed by atoms with E-state index in [1.165, 1.54) is 19.1 Å². The van der Waals surface area contributed by atoms with E-state index in [2.05, 4.69) is 10.3 Å². The van der Waals surface area contributed by atoms with Gasteiger partial charge in [0.25, 0.3) is 0 Å². The lowest BCUT2D eigenvalue weighted by Crippen LogP contribution is -2.28. The molecule has 1 atom stereocenters. The third-order valence-corrected chi connectivity index (χ3v) is 4.46. The van der Waals surface area contributed by atoms with Crippen molar-refractivity contribution in [3.8, 4) is 11.5 Å². The number of hydrogen-bond acceptors (Lipinski definition) is 5. The average molecular weight is 376 g/mol. The summed E-state index contributed by atoms with van der Waals surface area (Å²) >= 11 is 6.19. The first kappa shape index (κ1) is 18.0. The first-order chi connectivity index (χ1) is 12.5. The van der Waals surface area contributed by atoms with Gasteiger partial charge in [0.2, 0.25) is 11.8 Å². The van der Waals surface area contributed by atoms with Gasteiger partial charge in [0.05, 0.1) is 42.7 Å². The Morgan fingerprint density at radius 3 is 2.73 bits per heavy atom. The molecule has 1 aliphatic rings. The van der Waals surface area contributed by atoms with E-state index < -0.39 is 5.92 Å². The van der Waals surface area contributed by atoms with Crippen LogP contribution in [-0.4, -0.2) is 37.6 Å². The molecular formula is C18H18ClN3O4. The fraction of sp³-hybridized carbons (Fsp3) is 0.278. The number of nitrogens with one attached hydrogen (secondary N) is 1. The third-order valence-electron chi connectivity index (χ3n) is 4.17. The van der Waals surface area contributed by atoms with Crippen LogP contribution in [0.25, 0.3) is 0 Å². The van der Waals surface area contributed by atoms with Crippen LogP contribution >= 0.6 is 11.6 Å². The third kappa shape index (κ3) is 3.57. The quantitative estimate of drug-likeness (QED) is 0.869. The van der Waals surface area contributed by atoms with Crippen molar-refractivity contribution in [2.24, 2.45) is 5.92 Å². The number of carbonyl (C=O) groups is 2. The number of rotatable bonds is 5. The van der Waals surface area contributed by atoms with E-state index in [4.69, 9.17) is 21.1 Å². The van der Waals surface area contributed by atoms with E-state index in [1.807, 2.05) is 0 Å². The normalized spacial score (nSPS) is 16.5. The summed E-state index contributed by atoms with van der Waals surface area (Å²) in [5.74, 6) is 0.0225. The summed E-state index contributed by atoms with van der Waals surface area (Å²) in [7, 11) is 3.00. The molecule has 1 aromatic heterocycles. The van der Waals surface area contributed by atoms with Gasteiger partial charge in [-0.05, 0) is 18.2 Å². The number of amides is 2. The van der Waals surface area contributed by atoms with Gasteiger partial charge in [-0.15, -0.1) is 0 Å². The number of ether oxygens (including phenoxy) is 2. The smallest absolute Gasteiger partial charge is 0.229 e. The summed E-state index contributed by atoms with van der Waals surface area (Å²) in [5.41, 5.74) is 1.11. The summed E-state index contributed by atoms with van der Waals surface area (Å²) < 4.78 is 10.5.